The highest BCUT2D eigenvalue weighted by atomic mass is 32.1. The van der Waals surface area contributed by atoms with Crippen molar-refractivity contribution in [2.45, 2.75) is 25.7 Å². The molecule has 0 bridgehead atoms. The second-order valence-electron chi connectivity index (χ2n) is 8.26. The lowest BCUT2D eigenvalue weighted by Crippen LogP contribution is -2.27. The molecule has 1 aliphatic heterocycles. The first-order chi connectivity index (χ1) is 15.7. The zero-order chi connectivity index (χ0) is 21.7. The number of hydrogen-bond donors (Lipinski definition) is 3. The minimum atomic E-state index is 0.0808. The molecule has 6 rings (SSSR count). The number of aromatic amines is 2. The molecule has 8 heteroatoms. The SMILES string of the molecule is CC(=O)c1ccc(-c2cccc3[nH]c(-c4n[nH]c5cnc(C6CCNCC6)cc45)nc23)s1. The molecular formula is C24H22N6OS. The number of Topliss-reactive ketones (excluding diaryl/α,β-unsaturated/α-hetero) is 1. The Bertz CT molecular complexity index is 1460. The van der Waals surface area contributed by atoms with Crippen molar-refractivity contribution in [3.63, 3.8) is 0 Å². The van der Waals surface area contributed by atoms with E-state index in [9.17, 15) is 4.79 Å². The van der Waals surface area contributed by atoms with Crippen LogP contribution in [0.15, 0.2) is 42.6 Å². The number of nitrogens with one attached hydrogen (secondary N) is 3. The maximum Gasteiger partial charge on any atom is 0.169 e. The van der Waals surface area contributed by atoms with Crippen molar-refractivity contribution in [2.75, 3.05) is 13.1 Å². The first kappa shape index (κ1) is 19.3. The Morgan fingerprint density at radius 2 is 2.00 bits per heavy atom. The highest BCUT2D eigenvalue weighted by Crippen LogP contribution is 2.35. The lowest BCUT2D eigenvalue weighted by atomic mass is 9.93. The molecule has 0 atom stereocenters. The molecule has 0 saturated carbocycles. The first-order valence-electron chi connectivity index (χ1n) is 10.8. The number of carbonyl (C=O) groups is 1. The Kier molecular flexibility index (Phi) is 4.62. The molecule has 1 aromatic carbocycles. The van der Waals surface area contributed by atoms with Crippen molar-refractivity contribution in [1.29, 1.82) is 0 Å². The van der Waals surface area contributed by atoms with Crippen molar-refractivity contribution in [3.8, 4) is 22.0 Å². The second kappa shape index (κ2) is 7.65. The number of hydrogen-bond acceptors (Lipinski definition) is 6. The van der Waals surface area contributed by atoms with Crippen molar-refractivity contribution in [3.05, 3.63) is 53.2 Å². The zero-order valence-corrected chi connectivity index (χ0v) is 18.4. The monoisotopic (exact) mass is 442 g/mol. The van der Waals surface area contributed by atoms with Crippen LogP contribution < -0.4 is 5.32 Å². The van der Waals surface area contributed by atoms with Gasteiger partial charge in [-0.05, 0) is 57.1 Å². The largest absolute Gasteiger partial charge is 0.337 e. The van der Waals surface area contributed by atoms with Crippen LogP contribution in [0.4, 0.5) is 0 Å². The summed E-state index contributed by atoms with van der Waals surface area (Å²) in [6.45, 7) is 3.66. The number of rotatable bonds is 4. The quantitative estimate of drug-likeness (QED) is 0.344. The van der Waals surface area contributed by atoms with Crippen LogP contribution in [0.2, 0.25) is 0 Å². The number of nitrogens with zero attached hydrogens (tertiary/aromatic N) is 3. The molecule has 3 N–H and O–H groups in total. The number of imidazole rings is 1. The molecule has 0 amide bonds. The van der Waals surface area contributed by atoms with Gasteiger partial charge >= 0.3 is 0 Å². The average Bonchev–Trinajstić information content (AvgIpc) is 3.56. The van der Waals surface area contributed by atoms with E-state index in [0.717, 1.165) is 80.4 Å². The number of para-hydroxylation sites is 1. The molecule has 5 heterocycles. The predicted octanol–water partition coefficient (Wildman–Crippen LogP) is 4.90. The molecule has 5 aromatic rings. The molecule has 1 aliphatic rings. The summed E-state index contributed by atoms with van der Waals surface area (Å²) in [5.74, 6) is 1.28. The van der Waals surface area contributed by atoms with Crippen molar-refractivity contribution >= 4 is 39.1 Å². The molecule has 0 spiro atoms. The third kappa shape index (κ3) is 3.23. The maximum atomic E-state index is 11.7. The van der Waals surface area contributed by atoms with Crippen LogP contribution in [-0.4, -0.2) is 44.0 Å². The highest BCUT2D eigenvalue weighted by Gasteiger charge is 2.20. The van der Waals surface area contributed by atoms with Gasteiger partial charge in [-0.25, -0.2) is 4.98 Å². The summed E-state index contributed by atoms with van der Waals surface area (Å²) in [6.07, 6.45) is 4.08. The molecular weight excluding hydrogens is 420 g/mol. The minimum absolute atomic E-state index is 0.0808. The third-order valence-corrected chi connectivity index (χ3v) is 7.40. The summed E-state index contributed by atoms with van der Waals surface area (Å²) in [7, 11) is 0. The van der Waals surface area contributed by atoms with E-state index in [-0.39, 0.29) is 5.78 Å². The van der Waals surface area contributed by atoms with Crippen LogP contribution in [0.3, 0.4) is 0 Å². The smallest absolute Gasteiger partial charge is 0.169 e. The molecule has 0 unspecified atom stereocenters. The van der Waals surface area contributed by atoms with Gasteiger partial charge in [0.05, 0.1) is 27.6 Å². The second-order valence-corrected chi connectivity index (χ2v) is 9.34. The van der Waals surface area contributed by atoms with E-state index < -0.39 is 0 Å². The summed E-state index contributed by atoms with van der Waals surface area (Å²) in [6, 6.07) is 12.1. The van der Waals surface area contributed by atoms with Gasteiger partial charge in [0.2, 0.25) is 0 Å². The van der Waals surface area contributed by atoms with Crippen LogP contribution in [0.25, 0.3) is 43.9 Å². The Morgan fingerprint density at radius 1 is 1.12 bits per heavy atom. The Labute approximate surface area is 188 Å². The molecule has 1 fully saturated rings. The Morgan fingerprint density at radius 3 is 2.81 bits per heavy atom. The van der Waals surface area contributed by atoms with E-state index in [0.29, 0.717) is 5.92 Å². The zero-order valence-electron chi connectivity index (χ0n) is 17.6. The number of fused-ring (bicyclic) bond motifs is 2. The van der Waals surface area contributed by atoms with Gasteiger partial charge in [-0.1, -0.05) is 12.1 Å². The number of aromatic nitrogens is 5. The molecule has 32 heavy (non-hydrogen) atoms. The number of carbonyl (C=O) groups excluding carboxylic acids is 1. The van der Waals surface area contributed by atoms with Gasteiger partial charge in [-0.3, -0.25) is 14.9 Å². The highest BCUT2D eigenvalue weighted by molar-refractivity contribution is 7.17. The topological polar surface area (TPSA) is 99.4 Å². The Balaban J connectivity index is 1.44. The molecule has 7 nitrogen and oxygen atoms in total. The third-order valence-electron chi connectivity index (χ3n) is 6.18. The van der Waals surface area contributed by atoms with Crippen molar-refractivity contribution in [1.82, 2.24) is 30.5 Å². The van der Waals surface area contributed by atoms with E-state index in [2.05, 4.69) is 26.6 Å². The minimum Gasteiger partial charge on any atom is -0.337 e. The molecule has 4 aromatic heterocycles. The van der Waals surface area contributed by atoms with E-state index in [1.165, 1.54) is 11.3 Å². The fourth-order valence-electron chi connectivity index (χ4n) is 4.47. The molecule has 0 radical (unpaired) electrons. The fourth-order valence-corrected chi connectivity index (χ4v) is 5.40. The van der Waals surface area contributed by atoms with Crippen LogP contribution >= 0.6 is 11.3 Å². The number of thiophene rings is 1. The average molecular weight is 443 g/mol. The number of piperidine rings is 1. The number of H-pyrrole nitrogens is 2. The summed E-state index contributed by atoms with van der Waals surface area (Å²) < 4.78 is 0. The first-order valence-corrected chi connectivity index (χ1v) is 11.6. The van der Waals surface area contributed by atoms with Gasteiger partial charge in [-0.2, -0.15) is 5.10 Å². The van der Waals surface area contributed by atoms with Gasteiger partial charge in [0, 0.05) is 27.4 Å². The van der Waals surface area contributed by atoms with E-state index in [1.54, 1.807) is 6.92 Å². The van der Waals surface area contributed by atoms with E-state index >= 15 is 0 Å². The predicted molar refractivity (Wildman–Crippen MR) is 127 cm³/mol. The lowest BCUT2D eigenvalue weighted by Gasteiger charge is -2.21. The van der Waals surface area contributed by atoms with Gasteiger partial charge < -0.3 is 10.3 Å². The van der Waals surface area contributed by atoms with Crippen molar-refractivity contribution in [2.24, 2.45) is 0 Å². The van der Waals surface area contributed by atoms with Crippen molar-refractivity contribution < 1.29 is 4.79 Å². The number of ketones is 1. The fraction of sp³-hybridized carbons (Fsp3) is 0.250. The van der Waals surface area contributed by atoms with Crippen LogP contribution in [0.5, 0.6) is 0 Å². The standard InChI is InChI=1S/C24H22N6OS/c1-13(31)20-5-6-21(32-20)15-3-2-4-17-22(15)28-24(27-17)23-16-11-18(14-7-9-25-10-8-14)26-12-19(16)29-30-23/h2-6,11-12,14,25H,7-10H2,1H3,(H,27,28)(H,29,30). The van der Waals surface area contributed by atoms with Gasteiger partial charge in [0.25, 0.3) is 0 Å². The maximum absolute atomic E-state index is 11.7. The van der Waals surface area contributed by atoms with Crippen LogP contribution in [-0.2, 0) is 0 Å². The Hall–Kier alpha value is -3.36. The lowest BCUT2D eigenvalue weighted by molar-refractivity contribution is 0.102. The van der Waals surface area contributed by atoms with Gasteiger partial charge in [0.15, 0.2) is 11.6 Å². The summed E-state index contributed by atoms with van der Waals surface area (Å²) in [5, 5.41) is 12.1. The summed E-state index contributed by atoms with van der Waals surface area (Å²) in [5.41, 5.74) is 5.66. The van der Waals surface area contributed by atoms with Crippen LogP contribution in [0, 0.1) is 0 Å². The van der Waals surface area contributed by atoms with Crippen LogP contribution in [0.1, 0.15) is 41.0 Å². The molecule has 1 saturated heterocycles. The van der Waals surface area contributed by atoms with Gasteiger partial charge in [-0.15, -0.1) is 11.3 Å². The summed E-state index contributed by atoms with van der Waals surface area (Å²) >= 11 is 1.50. The number of pyridine rings is 1. The molecule has 160 valence electrons. The van der Waals surface area contributed by atoms with E-state index in [4.69, 9.17) is 9.97 Å². The normalized spacial score (nSPS) is 15.0. The van der Waals surface area contributed by atoms with E-state index in [1.807, 2.05) is 36.5 Å². The van der Waals surface area contributed by atoms with Gasteiger partial charge in [0.1, 0.15) is 5.69 Å². The number of benzene rings is 1. The summed E-state index contributed by atoms with van der Waals surface area (Å²) in [4.78, 5) is 26.6. The molecule has 0 aliphatic carbocycles.